The lowest BCUT2D eigenvalue weighted by atomic mass is 9.93. The first-order chi connectivity index (χ1) is 13.2. The van der Waals surface area contributed by atoms with Gasteiger partial charge >= 0.3 is 7.82 Å². The molecule has 1 saturated heterocycles. The molecule has 0 aromatic rings. The van der Waals surface area contributed by atoms with E-state index in [1.165, 1.54) is 0 Å². The highest BCUT2D eigenvalue weighted by Gasteiger charge is 2.42. The van der Waals surface area contributed by atoms with Gasteiger partial charge in [-0.15, -0.1) is 0 Å². The van der Waals surface area contributed by atoms with Crippen LogP contribution in [-0.2, 0) is 18.6 Å². The number of phosphoric ester groups is 1. The smallest absolute Gasteiger partial charge is 0.388 e. The number of ether oxygens (including phenoxy) is 1. The topological polar surface area (TPSA) is 134 Å². The zero-order valence-electron chi connectivity index (χ0n) is 17.0. The molecule has 9 heteroatoms. The second-order valence-electron chi connectivity index (χ2n) is 7.78. The molecule has 0 aromatic carbocycles. The number of aliphatic hydroxyl groups excluding tert-OH is 2. The summed E-state index contributed by atoms with van der Waals surface area (Å²) in [5.74, 6) is 0.503. The Bertz CT molecular complexity index is 494. The maximum atomic E-state index is 11.5. The van der Waals surface area contributed by atoms with Gasteiger partial charge in [0.05, 0.1) is 12.7 Å². The predicted octanol–water partition coefficient (Wildman–Crippen LogP) is 2.71. The molecule has 8 nitrogen and oxygen atoms in total. The summed E-state index contributed by atoms with van der Waals surface area (Å²) >= 11 is 0. The molecule has 166 valence electrons. The van der Waals surface area contributed by atoms with Crippen molar-refractivity contribution in [1.82, 2.24) is 0 Å². The third-order valence-electron chi connectivity index (χ3n) is 5.37. The molecular weight excluding hydrogens is 387 g/mol. The lowest BCUT2D eigenvalue weighted by Crippen LogP contribution is -2.34. The van der Waals surface area contributed by atoms with Crippen molar-refractivity contribution in [3.8, 4) is 0 Å². The maximum absolute atomic E-state index is 11.5. The molecule has 0 aromatic heterocycles. The molecule has 4 N–H and O–H groups in total. The minimum atomic E-state index is -4.63. The SMILES string of the molecule is CCCC(CCCCCCCCC1OC(COP(=O)(O)O)C(O)C1O)C(C)=O. The number of rotatable bonds is 15. The Hall–Kier alpha value is -0.340. The molecule has 0 aliphatic carbocycles. The number of phosphoric acid groups is 1. The third-order valence-corrected chi connectivity index (χ3v) is 5.86. The Morgan fingerprint density at radius 3 is 2.14 bits per heavy atom. The van der Waals surface area contributed by atoms with E-state index in [9.17, 15) is 19.6 Å². The number of unbranched alkanes of at least 4 members (excludes halogenated alkanes) is 5. The molecule has 1 heterocycles. The fourth-order valence-corrected chi connectivity index (χ4v) is 4.06. The molecule has 0 spiro atoms. The Balaban J connectivity index is 2.12. The van der Waals surface area contributed by atoms with Gasteiger partial charge in [0.1, 0.15) is 24.1 Å². The molecule has 5 atom stereocenters. The zero-order valence-corrected chi connectivity index (χ0v) is 17.9. The minimum absolute atomic E-state index is 0.208. The standard InChI is InChI=1S/C19H37O8P/c1-3-10-15(14(2)20)11-8-6-4-5-7-9-12-16-18(21)19(22)17(27-16)13-26-28(23,24)25/h15-19,21-22H,3-13H2,1-2H3,(H2,23,24,25). The summed E-state index contributed by atoms with van der Waals surface area (Å²) in [5.41, 5.74) is 0. The van der Waals surface area contributed by atoms with Crippen LogP contribution in [-0.4, -0.2) is 56.8 Å². The number of aliphatic hydroxyl groups is 2. The fourth-order valence-electron chi connectivity index (χ4n) is 3.72. The van der Waals surface area contributed by atoms with Crippen molar-refractivity contribution in [1.29, 1.82) is 0 Å². The molecule has 28 heavy (non-hydrogen) atoms. The molecular formula is C19H37O8P. The van der Waals surface area contributed by atoms with E-state index in [-0.39, 0.29) is 5.92 Å². The molecule has 0 radical (unpaired) electrons. The molecule has 1 aliphatic heterocycles. The summed E-state index contributed by atoms with van der Waals surface area (Å²) in [6.45, 7) is 3.32. The minimum Gasteiger partial charge on any atom is -0.388 e. The highest BCUT2D eigenvalue weighted by Crippen LogP contribution is 2.37. The number of carbonyl (C=O) groups is 1. The van der Waals surface area contributed by atoms with Gasteiger partial charge in [-0.05, 0) is 26.2 Å². The second-order valence-corrected chi connectivity index (χ2v) is 9.01. The van der Waals surface area contributed by atoms with Gasteiger partial charge in [-0.1, -0.05) is 51.9 Å². The summed E-state index contributed by atoms with van der Waals surface area (Å²) in [5, 5.41) is 19.9. The van der Waals surface area contributed by atoms with Gasteiger partial charge in [0.15, 0.2) is 0 Å². The van der Waals surface area contributed by atoms with E-state index in [0.29, 0.717) is 12.2 Å². The van der Waals surface area contributed by atoms with Gasteiger partial charge in [0, 0.05) is 5.92 Å². The summed E-state index contributed by atoms with van der Waals surface area (Å²) in [6, 6.07) is 0. The van der Waals surface area contributed by atoms with Gasteiger partial charge in [-0.25, -0.2) is 4.57 Å². The van der Waals surface area contributed by atoms with Gasteiger partial charge < -0.3 is 24.7 Å². The third kappa shape index (κ3) is 9.92. The first-order valence-electron chi connectivity index (χ1n) is 10.4. The second kappa shape index (κ2) is 13.1. The van der Waals surface area contributed by atoms with E-state index in [0.717, 1.165) is 57.8 Å². The molecule has 1 aliphatic rings. The van der Waals surface area contributed by atoms with E-state index in [4.69, 9.17) is 14.5 Å². The highest BCUT2D eigenvalue weighted by molar-refractivity contribution is 7.46. The van der Waals surface area contributed by atoms with Gasteiger partial charge in [0.25, 0.3) is 0 Å². The predicted molar refractivity (Wildman–Crippen MR) is 105 cm³/mol. The number of carbonyl (C=O) groups excluding carboxylic acids is 1. The maximum Gasteiger partial charge on any atom is 0.469 e. The van der Waals surface area contributed by atoms with Crippen LogP contribution in [0.3, 0.4) is 0 Å². The average molecular weight is 424 g/mol. The Morgan fingerprint density at radius 1 is 1.00 bits per heavy atom. The van der Waals surface area contributed by atoms with E-state index in [1.54, 1.807) is 6.92 Å². The van der Waals surface area contributed by atoms with Crippen molar-refractivity contribution < 1.29 is 38.6 Å². The Labute approximate surface area is 167 Å². The molecule has 0 bridgehead atoms. The quantitative estimate of drug-likeness (QED) is 0.233. The van der Waals surface area contributed by atoms with Crippen LogP contribution >= 0.6 is 7.82 Å². The number of hydrogen-bond donors (Lipinski definition) is 4. The van der Waals surface area contributed by atoms with Crippen LogP contribution < -0.4 is 0 Å². The van der Waals surface area contributed by atoms with Crippen LogP contribution in [0.4, 0.5) is 0 Å². The van der Waals surface area contributed by atoms with Crippen molar-refractivity contribution in [3.63, 3.8) is 0 Å². The van der Waals surface area contributed by atoms with Crippen molar-refractivity contribution in [3.05, 3.63) is 0 Å². The van der Waals surface area contributed by atoms with Crippen LogP contribution in [0, 0.1) is 5.92 Å². The van der Waals surface area contributed by atoms with Crippen molar-refractivity contribution >= 4 is 13.6 Å². The number of ketones is 1. The normalized spacial score (nSPS) is 26.5. The first kappa shape index (κ1) is 25.7. The zero-order chi connectivity index (χ0) is 21.2. The molecule has 1 rings (SSSR count). The van der Waals surface area contributed by atoms with Crippen molar-refractivity contribution in [2.45, 2.75) is 102 Å². The van der Waals surface area contributed by atoms with Crippen LogP contribution in [0.25, 0.3) is 0 Å². The molecule has 0 amide bonds. The molecule has 1 fully saturated rings. The number of hydrogen-bond acceptors (Lipinski definition) is 6. The average Bonchev–Trinajstić information content (AvgIpc) is 2.88. The summed E-state index contributed by atoms with van der Waals surface area (Å²) in [4.78, 5) is 29.0. The monoisotopic (exact) mass is 424 g/mol. The summed E-state index contributed by atoms with van der Waals surface area (Å²) < 4.78 is 20.6. The van der Waals surface area contributed by atoms with E-state index in [2.05, 4.69) is 11.4 Å². The summed E-state index contributed by atoms with van der Waals surface area (Å²) in [6.07, 6.45) is 5.96. The Kier molecular flexibility index (Phi) is 12.0. The van der Waals surface area contributed by atoms with Gasteiger partial charge in [0.2, 0.25) is 0 Å². The van der Waals surface area contributed by atoms with E-state index in [1.807, 2.05) is 0 Å². The van der Waals surface area contributed by atoms with Gasteiger partial charge in [-0.3, -0.25) is 9.32 Å². The van der Waals surface area contributed by atoms with E-state index < -0.39 is 38.8 Å². The Morgan fingerprint density at radius 2 is 1.57 bits per heavy atom. The van der Waals surface area contributed by atoms with Crippen molar-refractivity contribution in [2.75, 3.05) is 6.61 Å². The lowest BCUT2D eigenvalue weighted by Gasteiger charge is -2.15. The van der Waals surface area contributed by atoms with Gasteiger partial charge in [-0.2, -0.15) is 0 Å². The van der Waals surface area contributed by atoms with Crippen molar-refractivity contribution in [2.24, 2.45) is 5.92 Å². The molecule has 0 saturated carbocycles. The molecule has 5 unspecified atom stereocenters. The lowest BCUT2D eigenvalue weighted by molar-refractivity contribution is -0.121. The van der Waals surface area contributed by atoms with E-state index >= 15 is 0 Å². The summed E-state index contributed by atoms with van der Waals surface area (Å²) in [7, 11) is -4.63. The fraction of sp³-hybridized carbons (Fsp3) is 0.947. The highest BCUT2D eigenvalue weighted by atomic mass is 31.2. The largest absolute Gasteiger partial charge is 0.469 e. The first-order valence-corrected chi connectivity index (χ1v) is 11.9. The van der Waals surface area contributed by atoms with Crippen LogP contribution in [0.5, 0.6) is 0 Å². The van der Waals surface area contributed by atoms with Crippen LogP contribution in [0.1, 0.15) is 78.1 Å². The van der Waals surface area contributed by atoms with Crippen LogP contribution in [0.15, 0.2) is 0 Å². The van der Waals surface area contributed by atoms with Crippen LogP contribution in [0.2, 0.25) is 0 Å². The number of Topliss-reactive ketones (excluding diaryl/α,β-unsaturated/α-hetero) is 1.